The Bertz CT molecular complexity index is 1340. The molecule has 9 heteroatoms. The summed E-state index contributed by atoms with van der Waals surface area (Å²) in [5.41, 5.74) is 10.3. The summed E-state index contributed by atoms with van der Waals surface area (Å²) in [5.74, 6) is 1.20. The van der Waals surface area contributed by atoms with Crippen molar-refractivity contribution in [2.75, 3.05) is 18.9 Å². The van der Waals surface area contributed by atoms with Gasteiger partial charge in [-0.25, -0.2) is 14.8 Å². The Hall–Kier alpha value is -3.72. The van der Waals surface area contributed by atoms with Gasteiger partial charge in [-0.2, -0.15) is 0 Å². The van der Waals surface area contributed by atoms with Crippen molar-refractivity contribution in [3.63, 3.8) is 0 Å². The molecule has 36 heavy (non-hydrogen) atoms. The minimum Gasteiger partial charge on any atom is -0.444 e. The first-order valence-corrected chi connectivity index (χ1v) is 12.3. The number of aryl methyl sites for hydroxylation is 1. The smallest absolute Gasteiger partial charge is 0.407 e. The number of pyridine rings is 2. The summed E-state index contributed by atoms with van der Waals surface area (Å²) in [5, 5.41) is 3.80. The van der Waals surface area contributed by atoms with Crippen molar-refractivity contribution in [3.8, 4) is 11.1 Å². The lowest BCUT2D eigenvalue weighted by Gasteiger charge is -2.19. The summed E-state index contributed by atoms with van der Waals surface area (Å²) in [6, 6.07) is 10.1. The zero-order valence-electron chi connectivity index (χ0n) is 21.4. The topological polar surface area (TPSA) is 117 Å². The number of benzene rings is 1. The highest BCUT2D eigenvalue weighted by Crippen LogP contribution is 2.32. The fourth-order valence-corrected chi connectivity index (χ4v) is 4.11. The number of hydrogen-bond donors (Lipinski definition) is 2. The molecule has 0 unspecified atom stereocenters. The summed E-state index contributed by atoms with van der Waals surface area (Å²) in [6.45, 7) is 9.71. The Labute approximate surface area is 211 Å². The van der Waals surface area contributed by atoms with Crippen LogP contribution < -0.4 is 11.1 Å². The van der Waals surface area contributed by atoms with Gasteiger partial charge in [0.25, 0.3) is 0 Å². The van der Waals surface area contributed by atoms with E-state index in [9.17, 15) is 4.79 Å². The van der Waals surface area contributed by atoms with E-state index in [4.69, 9.17) is 20.2 Å². The molecule has 0 saturated carbocycles. The molecule has 0 fully saturated rings. The molecule has 0 atom stereocenters. The average Bonchev–Trinajstić information content (AvgIpc) is 3.21. The van der Waals surface area contributed by atoms with Crippen molar-refractivity contribution in [3.05, 3.63) is 48.5 Å². The molecule has 3 aromatic heterocycles. The van der Waals surface area contributed by atoms with E-state index in [0.29, 0.717) is 37.6 Å². The fourth-order valence-electron chi connectivity index (χ4n) is 4.11. The molecular weight excluding hydrogens is 456 g/mol. The molecule has 0 aliphatic carbocycles. The molecule has 0 aliphatic rings. The van der Waals surface area contributed by atoms with Gasteiger partial charge in [0.15, 0.2) is 5.82 Å². The lowest BCUT2D eigenvalue weighted by molar-refractivity contribution is 0.0527. The molecule has 0 saturated heterocycles. The SMILES string of the molecule is CCOCc1nc2c(N)nc3cc(-c4cccnc4)ccc3c2n1CCCCNC(=O)OC(C)(C)C. The number of rotatable bonds is 9. The van der Waals surface area contributed by atoms with Gasteiger partial charge in [-0.05, 0) is 58.2 Å². The van der Waals surface area contributed by atoms with Gasteiger partial charge in [-0.3, -0.25) is 4.98 Å². The first-order chi connectivity index (χ1) is 17.3. The Morgan fingerprint density at radius 2 is 1.97 bits per heavy atom. The number of unbranched alkanes of at least 4 members (excludes halogenated alkanes) is 1. The average molecular weight is 491 g/mol. The molecule has 0 aliphatic heterocycles. The van der Waals surface area contributed by atoms with Crippen molar-refractivity contribution in [2.24, 2.45) is 0 Å². The zero-order valence-corrected chi connectivity index (χ0v) is 21.4. The number of imidazole rings is 1. The Morgan fingerprint density at radius 3 is 2.69 bits per heavy atom. The molecule has 4 aromatic rings. The molecule has 0 radical (unpaired) electrons. The third kappa shape index (κ3) is 5.91. The highest BCUT2D eigenvalue weighted by molar-refractivity contribution is 6.07. The van der Waals surface area contributed by atoms with Crippen LogP contribution in [0.25, 0.3) is 33.1 Å². The second kappa shape index (κ2) is 10.9. The molecular formula is C27H34N6O3. The van der Waals surface area contributed by atoms with Crippen LogP contribution in [0.4, 0.5) is 10.6 Å². The summed E-state index contributed by atoms with van der Waals surface area (Å²) in [7, 11) is 0. The van der Waals surface area contributed by atoms with Gasteiger partial charge in [-0.1, -0.05) is 18.2 Å². The molecule has 190 valence electrons. The number of hydrogen-bond acceptors (Lipinski definition) is 7. The minimum atomic E-state index is -0.514. The molecule has 0 spiro atoms. The van der Waals surface area contributed by atoms with Crippen LogP contribution in [0.3, 0.4) is 0 Å². The monoisotopic (exact) mass is 490 g/mol. The van der Waals surface area contributed by atoms with Crippen molar-refractivity contribution < 1.29 is 14.3 Å². The van der Waals surface area contributed by atoms with Crippen LogP contribution in [0.2, 0.25) is 0 Å². The van der Waals surface area contributed by atoms with E-state index in [1.165, 1.54) is 0 Å². The van der Waals surface area contributed by atoms with E-state index < -0.39 is 11.7 Å². The van der Waals surface area contributed by atoms with Crippen LogP contribution in [0.15, 0.2) is 42.7 Å². The van der Waals surface area contributed by atoms with Gasteiger partial charge >= 0.3 is 6.09 Å². The first kappa shape index (κ1) is 25.4. The summed E-state index contributed by atoms with van der Waals surface area (Å²) < 4.78 is 13.2. The number of alkyl carbamates (subject to hydrolysis) is 1. The van der Waals surface area contributed by atoms with Crippen molar-refractivity contribution in [1.82, 2.24) is 24.8 Å². The number of fused-ring (bicyclic) bond motifs is 3. The normalized spacial score (nSPS) is 11.8. The van der Waals surface area contributed by atoms with E-state index in [1.54, 1.807) is 6.20 Å². The summed E-state index contributed by atoms with van der Waals surface area (Å²) in [4.78, 5) is 25.6. The number of carbonyl (C=O) groups excluding carboxylic acids is 1. The molecule has 1 aromatic carbocycles. The van der Waals surface area contributed by atoms with Crippen molar-refractivity contribution in [2.45, 2.75) is 59.3 Å². The lowest BCUT2D eigenvalue weighted by atomic mass is 10.0. The minimum absolute atomic E-state index is 0.385. The third-order valence-corrected chi connectivity index (χ3v) is 5.69. The number of ether oxygens (including phenoxy) is 2. The van der Waals surface area contributed by atoms with Gasteiger partial charge in [0.2, 0.25) is 0 Å². The highest BCUT2D eigenvalue weighted by Gasteiger charge is 2.18. The Morgan fingerprint density at radius 1 is 1.14 bits per heavy atom. The van der Waals surface area contributed by atoms with Crippen LogP contribution in [-0.4, -0.2) is 44.4 Å². The van der Waals surface area contributed by atoms with E-state index in [0.717, 1.165) is 46.2 Å². The van der Waals surface area contributed by atoms with Gasteiger partial charge in [-0.15, -0.1) is 0 Å². The van der Waals surface area contributed by atoms with E-state index in [1.807, 2.05) is 52.1 Å². The fraction of sp³-hybridized carbons (Fsp3) is 0.407. The predicted molar refractivity (Wildman–Crippen MR) is 141 cm³/mol. The van der Waals surface area contributed by atoms with Gasteiger partial charge in [0.05, 0.1) is 11.0 Å². The Kier molecular flexibility index (Phi) is 7.69. The quantitative estimate of drug-likeness (QED) is 0.315. The van der Waals surface area contributed by atoms with E-state index >= 15 is 0 Å². The van der Waals surface area contributed by atoms with Gasteiger partial charge in [0.1, 0.15) is 23.5 Å². The van der Waals surface area contributed by atoms with Crippen LogP contribution >= 0.6 is 0 Å². The van der Waals surface area contributed by atoms with Crippen molar-refractivity contribution >= 4 is 33.8 Å². The number of amides is 1. The lowest BCUT2D eigenvalue weighted by Crippen LogP contribution is -2.33. The van der Waals surface area contributed by atoms with Gasteiger partial charge < -0.3 is 25.1 Å². The molecule has 9 nitrogen and oxygen atoms in total. The first-order valence-electron chi connectivity index (χ1n) is 12.3. The van der Waals surface area contributed by atoms with Crippen LogP contribution in [-0.2, 0) is 22.6 Å². The maximum atomic E-state index is 11.9. The van der Waals surface area contributed by atoms with E-state index in [2.05, 4.69) is 32.0 Å². The molecule has 0 bridgehead atoms. The molecule has 3 N–H and O–H groups in total. The number of anilines is 1. The number of nitrogens with one attached hydrogen (secondary N) is 1. The number of nitrogens with two attached hydrogens (primary N) is 1. The van der Waals surface area contributed by atoms with Crippen LogP contribution in [0, 0.1) is 0 Å². The second-order valence-corrected chi connectivity index (χ2v) is 9.62. The molecule has 4 rings (SSSR count). The second-order valence-electron chi connectivity index (χ2n) is 9.62. The molecule has 1 amide bonds. The number of nitrogen functional groups attached to an aromatic ring is 1. The Balaban J connectivity index is 1.61. The molecule has 3 heterocycles. The maximum absolute atomic E-state index is 11.9. The number of aromatic nitrogens is 4. The summed E-state index contributed by atoms with van der Waals surface area (Å²) in [6.07, 6.45) is 4.81. The van der Waals surface area contributed by atoms with Gasteiger partial charge in [0, 0.05) is 43.0 Å². The predicted octanol–water partition coefficient (Wildman–Crippen LogP) is 5.07. The standard InChI is InChI=1S/C27H34N6O3/c1-5-35-17-22-32-23-24(33(22)14-7-6-13-30-26(34)36-27(2,3)4)20-11-10-18(15-21(20)31-25(23)28)19-9-8-12-29-16-19/h8-12,15-16H,5-7,13-14,17H2,1-4H3,(H2,28,31)(H,30,34). The van der Waals surface area contributed by atoms with E-state index in [-0.39, 0.29) is 0 Å². The number of carbonyl (C=O) groups is 1. The zero-order chi connectivity index (χ0) is 25.7. The van der Waals surface area contributed by atoms with Crippen molar-refractivity contribution in [1.29, 1.82) is 0 Å². The largest absolute Gasteiger partial charge is 0.444 e. The van der Waals surface area contributed by atoms with Crippen LogP contribution in [0.1, 0.15) is 46.4 Å². The highest BCUT2D eigenvalue weighted by atomic mass is 16.6. The summed E-state index contributed by atoms with van der Waals surface area (Å²) >= 11 is 0. The van der Waals surface area contributed by atoms with Crippen LogP contribution in [0.5, 0.6) is 0 Å². The number of nitrogens with zero attached hydrogens (tertiary/aromatic N) is 4. The third-order valence-electron chi connectivity index (χ3n) is 5.69. The maximum Gasteiger partial charge on any atom is 0.407 e.